The van der Waals surface area contributed by atoms with Gasteiger partial charge in [0.25, 0.3) is 0 Å². The van der Waals surface area contributed by atoms with E-state index >= 15 is 0 Å². The van der Waals surface area contributed by atoms with Crippen LogP contribution in [-0.4, -0.2) is 15.8 Å². The maximum absolute atomic E-state index is 12.6. The number of nitro benzene ring substituents is 1. The lowest BCUT2D eigenvalue weighted by molar-refractivity contribution is -0.386. The Hall–Kier alpha value is -2.86. The molecule has 0 unspecified atom stereocenters. The molecule has 2 aromatic carbocycles. The number of carbonyl (C=O) groups excluding carboxylic acids is 1. The molecule has 1 aliphatic rings. The van der Waals surface area contributed by atoms with Crippen molar-refractivity contribution in [2.75, 3.05) is 0 Å². The van der Waals surface area contributed by atoms with Crippen molar-refractivity contribution >= 4 is 29.1 Å². The number of hydrogen-bond acceptors (Lipinski definition) is 5. The van der Waals surface area contributed by atoms with E-state index < -0.39 is 22.1 Å². The Morgan fingerprint density at radius 1 is 1.33 bits per heavy atom. The minimum atomic E-state index is -0.708. The SMILES string of the molecule is Cc1cc2c(c(C)c1Cl)C(=O)C(=Cc1cccc(O)c1[N+](=O)[O-])O2. The van der Waals surface area contributed by atoms with Gasteiger partial charge in [-0.05, 0) is 49.2 Å². The molecule has 0 saturated carbocycles. The number of rotatable bonds is 2. The van der Waals surface area contributed by atoms with Crippen LogP contribution in [0.1, 0.15) is 27.0 Å². The fourth-order valence-corrected chi connectivity index (χ4v) is 2.82. The topological polar surface area (TPSA) is 89.7 Å². The van der Waals surface area contributed by atoms with Crippen LogP contribution in [0, 0.1) is 24.0 Å². The lowest BCUT2D eigenvalue weighted by atomic mass is 10.0. The quantitative estimate of drug-likeness (QED) is 0.501. The van der Waals surface area contributed by atoms with Gasteiger partial charge in [0.05, 0.1) is 16.1 Å². The summed E-state index contributed by atoms with van der Waals surface area (Å²) in [7, 11) is 0. The molecule has 0 radical (unpaired) electrons. The van der Waals surface area contributed by atoms with Crippen LogP contribution < -0.4 is 4.74 Å². The maximum Gasteiger partial charge on any atom is 0.317 e. The van der Waals surface area contributed by atoms with E-state index in [2.05, 4.69) is 0 Å². The zero-order valence-corrected chi connectivity index (χ0v) is 13.5. The molecule has 24 heavy (non-hydrogen) atoms. The van der Waals surface area contributed by atoms with E-state index in [9.17, 15) is 20.0 Å². The second-order valence-electron chi connectivity index (χ2n) is 5.42. The van der Waals surface area contributed by atoms with Crippen molar-refractivity contribution < 1.29 is 19.6 Å². The molecular weight excluding hydrogens is 334 g/mol. The maximum atomic E-state index is 12.6. The van der Waals surface area contributed by atoms with Crippen LogP contribution >= 0.6 is 11.6 Å². The highest BCUT2D eigenvalue weighted by Crippen LogP contribution is 2.40. The van der Waals surface area contributed by atoms with Crippen molar-refractivity contribution in [2.24, 2.45) is 0 Å². The Morgan fingerprint density at radius 2 is 2.04 bits per heavy atom. The van der Waals surface area contributed by atoms with Crippen molar-refractivity contribution in [2.45, 2.75) is 13.8 Å². The van der Waals surface area contributed by atoms with Crippen molar-refractivity contribution in [3.8, 4) is 11.5 Å². The van der Waals surface area contributed by atoms with E-state index in [0.717, 1.165) is 5.56 Å². The third-order valence-corrected chi connectivity index (χ3v) is 4.41. The molecule has 0 amide bonds. The average molecular weight is 346 g/mol. The molecule has 0 saturated heterocycles. The third-order valence-electron chi connectivity index (χ3n) is 3.83. The molecule has 0 fully saturated rings. The van der Waals surface area contributed by atoms with Crippen molar-refractivity contribution in [1.29, 1.82) is 0 Å². The molecule has 0 aromatic heterocycles. The normalized spacial score (nSPS) is 14.6. The van der Waals surface area contributed by atoms with Crippen molar-refractivity contribution in [3.63, 3.8) is 0 Å². The number of aryl methyl sites for hydroxylation is 1. The highest BCUT2D eigenvalue weighted by atomic mass is 35.5. The lowest BCUT2D eigenvalue weighted by Crippen LogP contribution is -2.01. The lowest BCUT2D eigenvalue weighted by Gasteiger charge is -2.05. The van der Waals surface area contributed by atoms with E-state index in [1.165, 1.54) is 24.3 Å². The summed E-state index contributed by atoms with van der Waals surface area (Å²) >= 11 is 6.17. The number of nitro groups is 1. The molecule has 1 N–H and O–H groups in total. The number of allylic oxidation sites excluding steroid dienone is 1. The number of hydrogen-bond donors (Lipinski definition) is 1. The minimum Gasteiger partial charge on any atom is -0.502 e. The molecule has 6 nitrogen and oxygen atoms in total. The molecule has 1 heterocycles. The van der Waals surface area contributed by atoms with Crippen LogP contribution in [0.4, 0.5) is 5.69 Å². The number of para-hydroxylation sites is 1. The number of Topliss-reactive ketones (excluding diaryl/α,β-unsaturated/α-hetero) is 1. The van der Waals surface area contributed by atoms with Gasteiger partial charge in [-0.2, -0.15) is 0 Å². The number of halogens is 1. The van der Waals surface area contributed by atoms with Gasteiger partial charge in [-0.1, -0.05) is 17.7 Å². The Kier molecular flexibility index (Phi) is 3.77. The molecule has 1 aliphatic heterocycles. The van der Waals surface area contributed by atoms with Gasteiger partial charge in [0.1, 0.15) is 5.75 Å². The number of aromatic hydroxyl groups is 1. The summed E-state index contributed by atoms with van der Waals surface area (Å²) in [5, 5.41) is 21.3. The molecular formula is C17H12ClNO5. The van der Waals surface area contributed by atoms with Gasteiger partial charge in [-0.25, -0.2) is 0 Å². The molecule has 3 rings (SSSR count). The van der Waals surface area contributed by atoms with Crippen molar-refractivity contribution in [3.05, 3.63) is 67.4 Å². The summed E-state index contributed by atoms with van der Waals surface area (Å²) < 4.78 is 5.56. The van der Waals surface area contributed by atoms with Gasteiger partial charge in [-0.15, -0.1) is 0 Å². The number of carbonyl (C=O) groups is 1. The predicted octanol–water partition coefficient (Wildman–Crippen LogP) is 4.19. The average Bonchev–Trinajstić information content (AvgIpc) is 2.80. The van der Waals surface area contributed by atoms with Crippen LogP contribution in [-0.2, 0) is 0 Å². The molecule has 0 aliphatic carbocycles. The Labute approximate surface area is 142 Å². The van der Waals surface area contributed by atoms with Crippen molar-refractivity contribution in [1.82, 2.24) is 0 Å². The number of phenolic OH excluding ortho intramolecular Hbond substituents is 1. The van der Waals surface area contributed by atoms with Crippen LogP contribution in [0.3, 0.4) is 0 Å². The molecule has 122 valence electrons. The Morgan fingerprint density at radius 3 is 2.71 bits per heavy atom. The third kappa shape index (κ3) is 2.41. The van der Waals surface area contributed by atoms with Gasteiger partial charge in [0, 0.05) is 5.02 Å². The smallest absolute Gasteiger partial charge is 0.317 e. The van der Waals surface area contributed by atoms with Crippen LogP contribution in [0.15, 0.2) is 30.0 Å². The van der Waals surface area contributed by atoms with E-state index in [4.69, 9.17) is 16.3 Å². The van der Waals surface area contributed by atoms with E-state index in [1.54, 1.807) is 19.9 Å². The van der Waals surface area contributed by atoms with Gasteiger partial charge in [0.2, 0.25) is 5.78 Å². The van der Waals surface area contributed by atoms with E-state index in [0.29, 0.717) is 21.9 Å². The number of nitrogens with zero attached hydrogens (tertiary/aromatic N) is 1. The second kappa shape index (κ2) is 5.65. The fourth-order valence-electron chi connectivity index (χ4n) is 2.67. The van der Waals surface area contributed by atoms with E-state index in [-0.39, 0.29) is 11.3 Å². The zero-order valence-electron chi connectivity index (χ0n) is 12.8. The standard InChI is InChI=1S/C17H12ClNO5/c1-8-6-12-14(9(2)15(8)18)17(21)13(24-12)7-10-4-3-5-11(20)16(10)19(22)23/h3-7,20H,1-2H3. The largest absolute Gasteiger partial charge is 0.502 e. The first-order valence-corrected chi connectivity index (χ1v) is 7.39. The summed E-state index contributed by atoms with van der Waals surface area (Å²) in [5.41, 5.74) is 1.32. The Balaban J connectivity index is 2.13. The first-order chi connectivity index (χ1) is 11.3. The number of phenols is 1. The monoisotopic (exact) mass is 345 g/mol. The summed E-state index contributed by atoms with van der Waals surface area (Å²) in [6, 6.07) is 5.74. The summed E-state index contributed by atoms with van der Waals surface area (Å²) in [6.45, 7) is 3.51. The first-order valence-electron chi connectivity index (χ1n) is 7.01. The van der Waals surface area contributed by atoms with Crippen LogP contribution in [0.5, 0.6) is 11.5 Å². The van der Waals surface area contributed by atoms with Gasteiger partial charge >= 0.3 is 5.69 Å². The predicted molar refractivity (Wildman–Crippen MR) is 88.6 cm³/mol. The molecule has 0 bridgehead atoms. The number of ether oxygens (including phenoxy) is 1. The molecule has 0 spiro atoms. The highest BCUT2D eigenvalue weighted by Gasteiger charge is 2.32. The summed E-state index contributed by atoms with van der Waals surface area (Å²) in [5.74, 6) is -0.564. The van der Waals surface area contributed by atoms with Gasteiger partial charge in [0.15, 0.2) is 11.5 Å². The number of fused-ring (bicyclic) bond motifs is 1. The Bertz CT molecular complexity index is 933. The van der Waals surface area contributed by atoms with Crippen LogP contribution in [0.25, 0.3) is 6.08 Å². The molecule has 7 heteroatoms. The van der Waals surface area contributed by atoms with Crippen LogP contribution in [0.2, 0.25) is 5.02 Å². The first kappa shape index (κ1) is 16.0. The fraction of sp³-hybridized carbons (Fsp3) is 0.118. The van der Waals surface area contributed by atoms with Gasteiger partial charge in [-0.3, -0.25) is 14.9 Å². The van der Waals surface area contributed by atoms with Gasteiger partial charge < -0.3 is 9.84 Å². The number of benzene rings is 2. The number of ketones is 1. The van der Waals surface area contributed by atoms with E-state index in [1.807, 2.05) is 0 Å². The zero-order chi connectivity index (χ0) is 17.6. The summed E-state index contributed by atoms with van der Waals surface area (Å²) in [4.78, 5) is 23.0. The summed E-state index contributed by atoms with van der Waals surface area (Å²) in [6.07, 6.45) is 1.25. The molecule has 0 atom stereocenters. The minimum absolute atomic E-state index is 0.0523. The second-order valence-corrected chi connectivity index (χ2v) is 5.80. The highest BCUT2D eigenvalue weighted by molar-refractivity contribution is 6.33. The molecule has 2 aromatic rings.